The minimum Gasteiger partial charge on any atom is -0.481 e. The molecule has 0 radical (unpaired) electrons. The Labute approximate surface area is 134 Å². The Morgan fingerprint density at radius 1 is 1.04 bits per heavy atom. The van der Waals surface area contributed by atoms with Gasteiger partial charge in [-0.15, -0.1) is 0 Å². The first-order valence-corrected chi connectivity index (χ1v) is 7.34. The predicted molar refractivity (Wildman–Crippen MR) is 89.0 cm³/mol. The molecule has 0 heterocycles. The van der Waals surface area contributed by atoms with E-state index in [9.17, 15) is 9.59 Å². The van der Waals surface area contributed by atoms with E-state index in [4.69, 9.17) is 15.9 Å². The van der Waals surface area contributed by atoms with E-state index in [1.807, 2.05) is 48.5 Å². The highest BCUT2D eigenvalue weighted by atomic mass is 16.4. The first-order chi connectivity index (χ1) is 11.0. The summed E-state index contributed by atoms with van der Waals surface area (Å²) in [4.78, 5) is 21.9. The van der Waals surface area contributed by atoms with Crippen LogP contribution in [-0.4, -0.2) is 28.2 Å². The van der Waals surface area contributed by atoms with E-state index in [1.165, 1.54) is 0 Å². The summed E-state index contributed by atoms with van der Waals surface area (Å²) in [5, 5.41) is 20.2. The minimum absolute atomic E-state index is 0.0905. The van der Waals surface area contributed by atoms with Crippen molar-refractivity contribution in [2.24, 2.45) is 11.7 Å². The third-order valence-electron chi connectivity index (χ3n) is 3.71. The molecule has 23 heavy (non-hydrogen) atoms. The van der Waals surface area contributed by atoms with Gasteiger partial charge in [0.15, 0.2) is 0 Å². The number of carbonyl (C=O) groups is 2. The van der Waals surface area contributed by atoms with Crippen molar-refractivity contribution in [1.82, 2.24) is 0 Å². The number of hydrogen-bond acceptors (Lipinski definition) is 3. The monoisotopic (exact) mass is 313 g/mol. The fourth-order valence-electron chi connectivity index (χ4n) is 2.39. The van der Waals surface area contributed by atoms with Gasteiger partial charge in [-0.1, -0.05) is 48.6 Å². The second-order valence-corrected chi connectivity index (χ2v) is 5.46. The van der Waals surface area contributed by atoms with Gasteiger partial charge in [0.25, 0.3) is 0 Å². The number of allylic oxidation sites excluding steroid dienone is 1. The lowest BCUT2D eigenvalue weighted by atomic mass is 9.96. The summed E-state index contributed by atoms with van der Waals surface area (Å²) in [5.41, 5.74) is 6.38. The minimum atomic E-state index is -1.19. The highest BCUT2D eigenvalue weighted by Gasteiger charge is 2.23. The highest BCUT2D eigenvalue weighted by Crippen LogP contribution is 2.18. The number of carboxylic acids is 2. The van der Waals surface area contributed by atoms with Crippen molar-refractivity contribution >= 4 is 28.8 Å². The van der Waals surface area contributed by atoms with Gasteiger partial charge in [-0.25, -0.2) is 0 Å². The first kappa shape index (κ1) is 16.7. The SMILES string of the molecule is NC(CC(CC=Cc1ccc2ccccc2c1)C(=O)O)C(=O)O. The van der Waals surface area contributed by atoms with Crippen LogP contribution in [0.5, 0.6) is 0 Å². The maximum Gasteiger partial charge on any atom is 0.320 e. The van der Waals surface area contributed by atoms with Gasteiger partial charge in [0.1, 0.15) is 6.04 Å². The molecule has 0 saturated heterocycles. The summed E-state index contributed by atoms with van der Waals surface area (Å²) in [6.45, 7) is 0. The van der Waals surface area contributed by atoms with E-state index in [0.29, 0.717) is 0 Å². The maximum absolute atomic E-state index is 11.2. The molecule has 0 aliphatic heterocycles. The van der Waals surface area contributed by atoms with E-state index in [1.54, 1.807) is 6.08 Å². The standard InChI is InChI=1S/C18H19NO4/c19-16(18(22)23)11-15(17(20)21)7-3-4-12-8-9-13-5-1-2-6-14(13)10-12/h1-6,8-10,15-16H,7,11,19H2,(H,20,21)(H,22,23). The third-order valence-corrected chi connectivity index (χ3v) is 3.71. The molecule has 0 saturated carbocycles. The van der Waals surface area contributed by atoms with Crippen molar-refractivity contribution in [2.75, 3.05) is 0 Å². The number of benzene rings is 2. The third kappa shape index (κ3) is 4.66. The molecule has 0 aliphatic carbocycles. The smallest absolute Gasteiger partial charge is 0.320 e. The molecule has 2 atom stereocenters. The van der Waals surface area contributed by atoms with Crippen LogP contribution >= 0.6 is 0 Å². The van der Waals surface area contributed by atoms with Crippen LogP contribution in [0, 0.1) is 5.92 Å². The number of fused-ring (bicyclic) bond motifs is 1. The fraction of sp³-hybridized carbons (Fsp3) is 0.222. The summed E-state index contributed by atoms with van der Waals surface area (Å²) in [6, 6.07) is 12.8. The van der Waals surface area contributed by atoms with Crippen molar-refractivity contribution in [3.63, 3.8) is 0 Å². The van der Waals surface area contributed by atoms with Gasteiger partial charge in [0, 0.05) is 0 Å². The molecular weight excluding hydrogens is 294 g/mol. The fourth-order valence-corrected chi connectivity index (χ4v) is 2.39. The van der Waals surface area contributed by atoms with Gasteiger partial charge in [0.2, 0.25) is 0 Å². The Balaban J connectivity index is 2.04. The van der Waals surface area contributed by atoms with E-state index >= 15 is 0 Å². The van der Waals surface area contributed by atoms with Gasteiger partial charge in [-0.2, -0.15) is 0 Å². The van der Waals surface area contributed by atoms with Crippen molar-refractivity contribution in [3.05, 3.63) is 54.1 Å². The first-order valence-electron chi connectivity index (χ1n) is 7.34. The van der Waals surface area contributed by atoms with E-state index in [2.05, 4.69) is 0 Å². The van der Waals surface area contributed by atoms with Crippen LogP contribution in [0.15, 0.2) is 48.5 Å². The predicted octanol–water partition coefficient (Wildman–Crippen LogP) is 2.75. The zero-order chi connectivity index (χ0) is 16.8. The van der Waals surface area contributed by atoms with Crippen LogP contribution in [0.2, 0.25) is 0 Å². The quantitative estimate of drug-likeness (QED) is 0.729. The average molecular weight is 313 g/mol. The van der Waals surface area contributed by atoms with Gasteiger partial charge in [0.05, 0.1) is 5.92 Å². The number of aliphatic carboxylic acids is 2. The van der Waals surface area contributed by atoms with Crippen LogP contribution in [-0.2, 0) is 9.59 Å². The van der Waals surface area contributed by atoms with Crippen molar-refractivity contribution in [2.45, 2.75) is 18.9 Å². The van der Waals surface area contributed by atoms with Crippen molar-refractivity contribution in [3.8, 4) is 0 Å². The molecule has 2 unspecified atom stereocenters. The Hall–Kier alpha value is -2.66. The summed E-state index contributed by atoms with van der Waals surface area (Å²) in [5.74, 6) is -3.03. The van der Waals surface area contributed by atoms with Crippen LogP contribution in [0.1, 0.15) is 18.4 Å². The van der Waals surface area contributed by atoms with Gasteiger partial charge < -0.3 is 15.9 Å². The average Bonchev–Trinajstić information content (AvgIpc) is 2.53. The Bertz CT molecular complexity index is 739. The van der Waals surface area contributed by atoms with Crippen LogP contribution in [0.4, 0.5) is 0 Å². The molecule has 4 N–H and O–H groups in total. The Kier molecular flexibility index (Phi) is 5.49. The summed E-state index contributed by atoms with van der Waals surface area (Å²) in [7, 11) is 0. The molecule has 5 heteroatoms. The lowest BCUT2D eigenvalue weighted by Gasteiger charge is -2.12. The van der Waals surface area contributed by atoms with Crippen LogP contribution in [0.25, 0.3) is 16.8 Å². The second kappa shape index (κ2) is 7.56. The molecule has 0 fully saturated rings. The van der Waals surface area contributed by atoms with Gasteiger partial charge in [-0.3, -0.25) is 9.59 Å². The number of nitrogens with two attached hydrogens (primary N) is 1. The van der Waals surface area contributed by atoms with Crippen molar-refractivity contribution in [1.29, 1.82) is 0 Å². The molecule has 0 aromatic heterocycles. The molecule has 0 amide bonds. The highest BCUT2D eigenvalue weighted by molar-refractivity contribution is 5.84. The van der Waals surface area contributed by atoms with E-state index in [0.717, 1.165) is 16.3 Å². The molecule has 0 aliphatic rings. The molecule has 120 valence electrons. The second-order valence-electron chi connectivity index (χ2n) is 5.46. The molecule has 0 bridgehead atoms. The Morgan fingerprint density at radius 2 is 1.74 bits per heavy atom. The molecule has 5 nitrogen and oxygen atoms in total. The largest absolute Gasteiger partial charge is 0.481 e. The zero-order valence-electron chi connectivity index (χ0n) is 12.6. The van der Waals surface area contributed by atoms with Crippen LogP contribution in [0.3, 0.4) is 0 Å². The zero-order valence-corrected chi connectivity index (χ0v) is 12.6. The summed E-state index contributed by atoms with van der Waals surface area (Å²) >= 11 is 0. The lowest BCUT2D eigenvalue weighted by Crippen LogP contribution is -2.34. The number of hydrogen-bond donors (Lipinski definition) is 3. The van der Waals surface area contributed by atoms with Crippen molar-refractivity contribution < 1.29 is 19.8 Å². The number of carboxylic acid groups (broad SMARTS) is 2. The molecule has 2 rings (SSSR count). The lowest BCUT2D eigenvalue weighted by molar-refractivity contribution is -0.143. The summed E-state index contributed by atoms with van der Waals surface area (Å²) < 4.78 is 0. The number of rotatable bonds is 7. The normalized spacial score (nSPS) is 14.0. The summed E-state index contributed by atoms with van der Waals surface area (Å²) in [6.07, 6.45) is 3.74. The van der Waals surface area contributed by atoms with E-state index in [-0.39, 0.29) is 12.8 Å². The Morgan fingerprint density at radius 3 is 2.39 bits per heavy atom. The van der Waals surface area contributed by atoms with Gasteiger partial charge in [-0.05, 0) is 35.2 Å². The maximum atomic E-state index is 11.2. The molecule has 2 aromatic rings. The van der Waals surface area contributed by atoms with Gasteiger partial charge >= 0.3 is 11.9 Å². The topological polar surface area (TPSA) is 101 Å². The molecule has 0 spiro atoms. The molecule has 2 aromatic carbocycles. The molecular formula is C18H19NO4. The van der Waals surface area contributed by atoms with Crippen LogP contribution < -0.4 is 5.73 Å². The van der Waals surface area contributed by atoms with E-state index < -0.39 is 23.9 Å².